The molecule has 0 bridgehead atoms. The summed E-state index contributed by atoms with van der Waals surface area (Å²) < 4.78 is 4.85. The minimum atomic E-state index is -1.14. The van der Waals surface area contributed by atoms with E-state index in [-0.39, 0.29) is 5.97 Å². The molecule has 0 aromatic carbocycles. The maximum absolute atomic E-state index is 10.6. The molecule has 0 spiro atoms. The van der Waals surface area contributed by atoms with E-state index in [1.807, 2.05) is 12.2 Å². The Morgan fingerprint density at radius 3 is 2.46 bits per heavy atom. The Labute approximate surface area is 79.6 Å². The van der Waals surface area contributed by atoms with Crippen molar-refractivity contribution < 1.29 is 9.53 Å². The van der Waals surface area contributed by atoms with Crippen molar-refractivity contribution in [3.05, 3.63) is 35.8 Å². The van der Waals surface area contributed by atoms with Gasteiger partial charge in [0.05, 0.1) is 8.07 Å². The average Bonchev–Trinajstić information content (AvgIpc) is 2.33. The molecule has 0 saturated carbocycles. The molecule has 0 N–H and O–H groups in total. The van der Waals surface area contributed by atoms with Gasteiger partial charge in [-0.3, -0.25) is 0 Å². The zero-order chi connectivity index (χ0) is 9.90. The summed E-state index contributed by atoms with van der Waals surface area (Å²) in [5.74, 6) is 0.340. The fourth-order valence-corrected chi connectivity index (χ4v) is 1.53. The molecule has 0 aromatic rings. The van der Waals surface area contributed by atoms with Gasteiger partial charge in [0.1, 0.15) is 5.76 Å². The van der Waals surface area contributed by atoms with Gasteiger partial charge in [0, 0.05) is 6.08 Å². The summed E-state index contributed by atoms with van der Waals surface area (Å²) in [4.78, 5) is 10.6. The maximum Gasteiger partial charge on any atom is 0.336 e. The molecule has 0 fully saturated rings. The summed E-state index contributed by atoms with van der Waals surface area (Å²) in [5.41, 5.74) is 2.19. The molecule has 0 aliphatic carbocycles. The zero-order valence-corrected chi connectivity index (χ0v) is 9.20. The second kappa shape index (κ2) is 3.74. The summed E-state index contributed by atoms with van der Waals surface area (Å²) in [6.07, 6.45) is 6.88. The molecule has 13 heavy (non-hydrogen) atoms. The summed E-state index contributed by atoms with van der Waals surface area (Å²) in [7, 11) is -1.14. The first-order valence-electron chi connectivity index (χ1n) is 4.27. The van der Waals surface area contributed by atoms with E-state index in [0.717, 1.165) is 0 Å². The Morgan fingerprint density at radius 1 is 1.31 bits per heavy atom. The van der Waals surface area contributed by atoms with Gasteiger partial charge < -0.3 is 4.74 Å². The fourth-order valence-electron chi connectivity index (χ4n) is 0.856. The monoisotopic (exact) mass is 194 g/mol. The maximum atomic E-state index is 10.6. The van der Waals surface area contributed by atoms with Crippen LogP contribution in [0.5, 0.6) is 0 Å². The van der Waals surface area contributed by atoms with Gasteiger partial charge in [0.15, 0.2) is 0 Å². The lowest BCUT2D eigenvalue weighted by Crippen LogP contribution is -2.15. The van der Waals surface area contributed by atoms with Gasteiger partial charge in [0.2, 0.25) is 0 Å². The van der Waals surface area contributed by atoms with Gasteiger partial charge in [-0.25, -0.2) is 4.79 Å². The second-order valence-electron chi connectivity index (χ2n) is 4.05. The smallest absolute Gasteiger partial charge is 0.336 e. The van der Waals surface area contributed by atoms with E-state index in [9.17, 15) is 4.79 Å². The molecule has 0 amide bonds. The van der Waals surface area contributed by atoms with E-state index in [4.69, 9.17) is 4.74 Å². The number of hydrogen-bond acceptors (Lipinski definition) is 2. The predicted octanol–water partition coefficient (Wildman–Crippen LogP) is 2.42. The van der Waals surface area contributed by atoms with Crippen molar-refractivity contribution in [1.29, 1.82) is 0 Å². The van der Waals surface area contributed by atoms with Gasteiger partial charge in [-0.2, -0.15) is 0 Å². The topological polar surface area (TPSA) is 26.3 Å². The number of esters is 1. The van der Waals surface area contributed by atoms with Crippen LogP contribution in [-0.4, -0.2) is 14.0 Å². The molecule has 0 atom stereocenters. The van der Waals surface area contributed by atoms with Crippen molar-refractivity contribution >= 4 is 14.0 Å². The first-order valence-corrected chi connectivity index (χ1v) is 7.84. The van der Waals surface area contributed by atoms with E-state index in [0.29, 0.717) is 5.76 Å². The van der Waals surface area contributed by atoms with Crippen molar-refractivity contribution in [3.63, 3.8) is 0 Å². The van der Waals surface area contributed by atoms with Crippen molar-refractivity contribution in [2.45, 2.75) is 19.6 Å². The number of ether oxygens (including phenoxy) is 1. The standard InChI is InChI=1S/C10H14O2Si/c1-13(2,3)8-4-5-9-6-7-10(11)12-9/h4-8H,1-3H3/b8-4+,9-5-. The first kappa shape index (κ1) is 9.99. The summed E-state index contributed by atoms with van der Waals surface area (Å²) in [6, 6.07) is 0. The normalized spacial score (nSPS) is 20.2. The van der Waals surface area contributed by atoms with Crippen LogP contribution in [-0.2, 0) is 9.53 Å². The van der Waals surface area contributed by atoms with E-state index in [1.54, 1.807) is 6.08 Å². The van der Waals surface area contributed by atoms with Crippen molar-refractivity contribution in [2.75, 3.05) is 0 Å². The van der Waals surface area contributed by atoms with Crippen molar-refractivity contribution in [3.8, 4) is 0 Å². The number of carbonyl (C=O) groups is 1. The van der Waals surface area contributed by atoms with E-state index in [1.165, 1.54) is 6.08 Å². The summed E-state index contributed by atoms with van der Waals surface area (Å²) >= 11 is 0. The minimum Gasteiger partial charge on any atom is -0.423 e. The number of rotatable bonds is 2. The van der Waals surface area contributed by atoms with Crippen LogP contribution in [0.25, 0.3) is 0 Å². The number of cyclic esters (lactones) is 1. The van der Waals surface area contributed by atoms with Crippen LogP contribution >= 0.6 is 0 Å². The van der Waals surface area contributed by atoms with Gasteiger partial charge in [-0.15, -0.1) is 0 Å². The predicted molar refractivity (Wildman–Crippen MR) is 55.8 cm³/mol. The third-order valence-corrected chi connectivity index (χ3v) is 2.65. The zero-order valence-electron chi connectivity index (χ0n) is 8.20. The fraction of sp³-hybridized carbons (Fsp3) is 0.300. The Balaban J connectivity index is 2.55. The molecule has 3 heteroatoms. The minimum absolute atomic E-state index is 0.285. The lowest BCUT2D eigenvalue weighted by atomic mass is 10.4. The van der Waals surface area contributed by atoms with Gasteiger partial charge in [-0.1, -0.05) is 31.4 Å². The molecule has 0 radical (unpaired) electrons. The molecule has 0 saturated heterocycles. The van der Waals surface area contributed by atoms with Crippen molar-refractivity contribution in [2.24, 2.45) is 0 Å². The lowest BCUT2D eigenvalue weighted by molar-refractivity contribution is -0.132. The summed E-state index contributed by atoms with van der Waals surface area (Å²) in [6.45, 7) is 6.75. The molecule has 0 aromatic heterocycles. The van der Waals surface area contributed by atoms with E-state index < -0.39 is 8.07 Å². The molecule has 1 aliphatic rings. The van der Waals surface area contributed by atoms with Crippen LogP contribution in [0.15, 0.2) is 35.8 Å². The Bertz CT molecular complexity index is 293. The second-order valence-corrected chi connectivity index (χ2v) is 9.11. The van der Waals surface area contributed by atoms with Crippen LogP contribution in [0.4, 0.5) is 0 Å². The number of allylic oxidation sites excluding steroid dienone is 3. The lowest BCUT2D eigenvalue weighted by Gasteiger charge is -2.06. The molecule has 0 unspecified atom stereocenters. The molecule has 1 heterocycles. The Kier molecular flexibility index (Phi) is 2.88. The van der Waals surface area contributed by atoms with E-state index in [2.05, 4.69) is 25.3 Å². The molecule has 1 aliphatic heterocycles. The van der Waals surface area contributed by atoms with Crippen LogP contribution in [0.1, 0.15) is 0 Å². The largest absolute Gasteiger partial charge is 0.423 e. The van der Waals surface area contributed by atoms with Crippen LogP contribution in [0.3, 0.4) is 0 Å². The third-order valence-electron chi connectivity index (χ3n) is 1.46. The summed E-state index contributed by atoms with van der Waals surface area (Å²) in [5, 5.41) is 0. The highest BCUT2D eigenvalue weighted by Crippen LogP contribution is 2.09. The average molecular weight is 194 g/mol. The van der Waals surface area contributed by atoms with Crippen LogP contribution < -0.4 is 0 Å². The Hall–Kier alpha value is -1.09. The first-order chi connectivity index (χ1) is 5.97. The molecular weight excluding hydrogens is 180 g/mol. The van der Waals surface area contributed by atoms with E-state index >= 15 is 0 Å². The highest BCUT2D eigenvalue weighted by Gasteiger charge is 2.08. The van der Waals surface area contributed by atoms with Gasteiger partial charge in [0.25, 0.3) is 0 Å². The van der Waals surface area contributed by atoms with Crippen LogP contribution in [0, 0.1) is 0 Å². The highest BCUT2D eigenvalue weighted by atomic mass is 28.3. The number of hydrogen-bond donors (Lipinski definition) is 0. The molecule has 2 nitrogen and oxygen atoms in total. The highest BCUT2D eigenvalue weighted by molar-refractivity contribution is 6.80. The molecule has 70 valence electrons. The third kappa shape index (κ3) is 3.89. The van der Waals surface area contributed by atoms with Gasteiger partial charge in [-0.05, 0) is 12.2 Å². The Morgan fingerprint density at radius 2 is 2.00 bits per heavy atom. The molecule has 1 rings (SSSR count). The van der Waals surface area contributed by atoms with Gasteiger partial charge >= 0.3 is 5.97 Å². The number of carbonyl (C=O) groups excluding carboxylic acids is 1. The SMILES string of the molecule is C[Si](C)(C)/C=C/C=C1/C=CC(=O)O1. The molecular formula is C10H14O2Si. The van der Waals surface area contributed by atoms with Crippen LogP contribution in [0.2, 0.25) is 19.6 Å². The van der Waals surface area contributed by atoms with Crippen molar-refractivity contribution in [1.82, 2.24) is 0 Å². The quantitative estimate of drug-likeness (QED) is 0.498.